The van der Waals surface area contributed by atoms with E-state index in [2.05, 4.69) is 0 Å². The molecule has 0 radical (unpaired) electrons. The van der Waals surface area contributed by atoms with Crippen molar-refractivity contribution in [2.45, 2.75) is 75.3 Å². The largest absolute Gasteiger partial charge is 0.328 e. The maximum atomic E-state index is 10.3. The minimum absolute atomic E-state index is 0.0388. The first-order chi connectivity index (χ1) is 8.94. The van der Waals surface area contributed by atoms with Gasteiger partial charge in [0.05, 0.1) is 0 Å². The van der Waals surface area contributed by atoms with Crippen molar-refractivity contribution < 1.29 is 9.79 Å². The molecule has 0 unspecified atom stereocenters. The SMILES string of the molecule is N=P(O)(O)N(C12CCC(CC1)C2)C12CCC(CC1)C2. The number of rotatable bonds is 3. The summed E-state index contributed by atoms with van der Waals surface area (Å²) in [6.07, 6.45) is 11.5. The van der Waals surface area contributed by atoms with Crippen LogP contribution in [0.3, 0.4) is 0 Å². The molecule has 0 aromatic rings. The van der Waals surface area contributed by atoms with Gasteiger partial charge in [-0.25, -0.2) is 4.67 Å². The van der Waals surface area contributed by atoms with Gasteiger partial charge in [-0.2, -0.15) is 0 Å². The van der Waals surface area contributed by atoms with Crippen molar-refractivity contribution >= 4 is 7.66 Å². The Bertz CT molecular complexity index is 401. The lowest BCUT2D eigenvalue weighted by atomic mass is 9.86. The van der Waals surface area contributed by atoms with Crippen LogP contribution in [-0.4, -0.2) is 25.5 Å². The quantitative estimate of drug-likeness (QED) is 0.695. The van der Waals surface area contributed by atoms with E-state index in [1.807, 2.05) is 4.67 Å². The van der Waals surface area contributed by atoms with Crippen molar-refractivity contribution in [2.75, 3.05) is 0 Å². The second kappa shape index (κ2) is 3.85. The third-order valence-corrected chi connectivity index (χ3v) is 7.99. The molecule has 0 aromatic carbocycles. The summed E-state index contributed by atoms with van der Waals surface area (Å²) < 4.78 is 1.99. The molecular weight excluding hydrogens is 259 g/mol. The average Bonchev–Trinajstić information content (AvgIpc) is 3.05. The normalized spacial score (nSPS) is 48.6. The molecule has 4 bridgehead atoms. The van der Waals surface area contributed by atoms with Gasteiger partial charge in [-0.05, 0) is 76.0 Å². The molecule has 0 amide bonds. The fourth-order valence-corrected chi connectivity index (χ4v) is 7.76. The highest BCUT2D eigenvalue weighted by atomic mass is 31.2. The Morgan fingerprint density at radius 3 is 1.42 bits per heavy atom. The molecule has 4 fully saturated rings. The van der Waals surface area contributed by atoms with Gasteiger partial charge in [-0.15, -0.1) is 0 Å². The first-order valence-electron chi connectivity index (χ1n) is 7.84. The van der Waals surface area contributed by atoms with Crippen molar-refractivity contribution in [3.8, 4) is 0 Å². The molecule has 4 aliphatic rings. The number of nitrogens with one attached hydrogen (secondary N) is 1. The molecule has 108 valence electrons. The second-order valence-corrected chi connectivity index (χ2v) is 9.16. The third-order valence-electron chi connectivity index (χ3n) is 6.59. The predicted molar refractivity (Wildman–Crippen MR) is 74.5 cm³/mol. The molecule has 19 heavy (non-hydrogen) atoms. The summed E-state index contributed by atoms with van der Waals surface area (Å²) in [4.78, 5) is 20.6. The Morgan fingerprint density at radius 1 is 0.842 bits per heavy atom. The van der Waals surface area contributed by atoms with Gasteiger partial charge in [0.25, 0.3) is 7.66 Å². The van der Waals surface area contributed by atoms with Crippen molar-refractivity contribution in [3.63, 3.8) is 0 Å². The summed E-state index contributed by atoms with van der Waals surface area (Å²) in [7, 11) is -3.65. The Kier molecular flexibility index (Phi) is 2.60. The fraction of sp³-hybridized carbons (Fsp3) is 1.00. The molecule has 0 heterocycles. The standard InChI is InChI=1S/C14H25N2O2P/c15-19(17,18)16(13-5-1-11(9-13)2-6-13)14-7-3-12(10-14)4-8-14/h11-12H,1-10H2,(H3,15,17,18). The molecule has 4 rings (SSSR count). The lowest BCUT2D eigenvalue weighted by Gasteiger charge is -2.51. The van der Waals surface area contributed by atoms with Crippen LogP contribution in [0.25, 0.3) is 0 Å². The van der Waals surface area contributed by atoms with Crippen molar-refractivity contribution in [2.24, 2.45) is 11.8 Å². The highest BCUT2D eigenvalue weighted by Gasteiger charge is 2.61. The zero-order chi connectivity index (χ0) is 13.3. The predicted octanol–water partition coefficient (Wildman–Crippen LogP) is 3.46. The molecule has 4 saturated carbocycles. The maximum Gasteiger partial charge on any atom is 0.283 e. The summed E-state index contributed by atoms with van der Waals surface area (Å²) in [5, 5.41) is 8.06. The van der Waals surface area contributed by atoms with Crippen LogP contribution < -0.4 is 0 Å². The molecule has 0 aromatic heterocycles. The Balaban J connectivity index is 1.76. The minimum atomic E-state index is -3.65. The molecule has 0 aliphatic heterocycles. The van der Waals surface area contributed by atoms with Gasteiger partial charge in [-0.1, -0.05) is 0 Å². The van der Waals surface area contributed by atoms with Crippen molar-refractivity contribution in [1.29, 1.82) is 5.16 Å². The van der Waals surface area contributed by atoms with Crippen LogP contribution in [0.15, 0.2) is 0 Å². The molecule has 0 atom stereocenters. The van der Waals surface area contributed by atoms with Crippen LogP contribution in [0, 0.1) is 17.0 Å². The van der Waals surface area contributed by atoms with Gasteiger partial charge in [0.1, 0.15) is 0 Å². The Labute approximate surface area is 115 Å². The first kappa shape index (κ1) is 12.8. The highest BCUT2D eigenvalue weighted by molar-refractivity contribution is 7.50. The Hall–Kier alpha value is 0.110. The van der Waals surface area contributed by atoms with Gasteiger partial charge in [0.15, 0.2) is 0 Å². The van der Waals surface area contributed by atoms with E-state index in [1.54, 1.807) is 0 Å². The molecule has 3 N–H and O–H groups in total. The van der Waals surface area contributed by atoms with Gasteiger partial charge in [-0.3, -0.25) is 5.16 Å². The van der Waals surface area contributed by atoms with E-state index >= 15 is 0 Å². The van der Waals surface area contributed by atoms with E-state index in [1.165, 1.54) is 25.7 Å². The molecule has 0 spiro atoms. The second-order valence-electron chi connectivity index (χ2n) is 7.62. The summed E-state index contributed by atoms with van der Waals surface area (Å²) in [6, 6.07) is 0. The summed E-state index contributed by atoms with van der Waals surface area (Å²) >= 11 is 0. The van der Waals surface area contributed by atoms with Crippen molar-refractivity contribution in [3.05, 3.63) is 0 Å². The van der Waals surface area contributed by atoms with Gasteiger partial charge in [0.2, 0.25) is 0 Å². The monoisotopic (exact) mass is 284 g/mol. The van der Waals surface area contributed by atoms with Gasteiger partial charge >= 0.3 is 0 Å². The van der Waals surface area contributed by atoms with Crippen LogP contribution in [0.4, 0.5) is 0 Å². The molecular formula is C14H25N2O2P. The Morgan fingerprint density at radius 2 is 1.21 bits per heavy atom. The number of hydrogen-bond acceptors (Lipinski definition) is 1. The van der Waals surface area contributed by atoms with Gasteiger partial charge < -0.3 is 9.79 Å². The van der Waals surface area contributed by atoms with E-state index < -0.39 is 7.66 Å². The minimum Gasteiger partial charge on any atom is -0.328 e. The van der Waals surface area contributed by atoms with Crippen LogP contribution in [0.5, 0.6) is 0 Å². The number of hydrogen-bond donors (Lipinski definition) is 3. The third kappa shape index (κ3) is 1.73. The van der Waals surface area contributed by atoms with Gasteiger partial charge in [0, 0.05) is 11.1 Å². The molecule has 0 saturated heterocycles. The summed E-state index contributed by atoms with van der Waals surface area (Å²) in [6.45, 7) is 0. The van der Waals surface area contributed by atoms with E-state index in [4.69, 9.17) is 5.16 Å². The zero-order valence-electron chi connectivity index (χ0n) is 11.5. The topological polar surface area (TPSA) is 67.5 Å². The highest BCUT2D eigenvalue weighted by Crippen LogP contribution is 2.67. The van der Waals surface area contributed by atoms with E-state index in [-0.39, 0.29) is 11.1 Å². The lowest BCUT2D eigenvalue weighted by Crippen LogP contribution is -2.55. The summed E-state index contributed by atoms with van der Waals surface area (Å²) in [5.41, 5.74) is -0.0775. The van der Waals surface area contributed by atoms with E-state index in [0.29, 0.717) is 0 Å². The van der Waals surface area contributed by atoms with Crippen LogP contribution in [0.2, 0.25) is 0 Å². The summed E-state index contributed by atoms with van der Waals surface area (Å²) in [5.74, 6) is 1.56. The first-order valence-corrected chi connectivity index (χ1v) is 9.49. The maximum absolute atomic E-state index is 10.3. The van der Waals surface area contributed by atoms with Crippen LogP contribution >= 0.6 is 7.66 Å². The van der Waals surface area contributed by atoms with E-state index in [9.17, 15) is 9.79 Å². The molecule has 4 aliphatic carbocycles. The lowest BCUT2D eigenvalue weighted by molar-refractivity contribution is 0.0504. The zero-order valence-corrected chi connectivity index (χ0v) is 12.4. The van der Waals surface area contributed by atoms with Crippen molar-refractivity contribution in [1.82, 2.24) is 4.67 Å². The van der Waals surface area contributed by atoms with Crippen LogP contribution in [-0.2, 0) is 0 Å². The number of nitrogens with zero attached hydrogens (tertiary/aromatic N) is 1. The smallest absolute Gasteiger partial charge is 0.283 e. The van der Waals surface area contributed by atoms with E-state index in [0.717, 1.165) is 50.4 Å². The molecule has 5 heteroatoms. The fourth-order valence-electron chi connectivity index (χ4n) is 6.01. The number of fused-ring (bicyclic) bond motifs is 4. The van der Waals surface area contributed by atoms with Crippen LogP contribution in [0.1, 0.15) is 64.2 Å². The average molecular weight is 284 g/mol. The molecule has 4 nitrogen and oxygen atoms in total.